The zero-order valence-electron chi connectivity index (χ0n) is 11.5. The molecular formula is C17H20O. The third kappa shape index (κ3) is 2.26. The smallest absolute Gasteiger partial charge is 0.122 e. The molecule has 1 heteroatoms. The third-order valence-electron chi connectivity index (χ3n) is 3.38. The van der Waals surface area contributed by atoms with Crippen molar-refractivity contribution in [3.8, 4) is 16.9 Å². The second kappa shape index (κ2) is 5.26. The summed E-state index contributed by atoms with van der Waals surface area (Å²) < 4.78 is 5.41. The van der Waals surface area contributed by atoms with Gasteiger partial charge in [0, 0.05) is 0 Å². The Bertz CT molecular complexity index is 541. The summed E-state index contributed by atoms with van der Waals surface area (Å²) in [5.41, 5.74) is 5.16. The summed E-state index contributed by atoms with van der Waals surface area (Å²) in [6.45, 7) is 6.58. The molecule has 0 aromatic heterocycles. The van der Waals surface area contributed by atoms with Gasteiger partial charge in [0.05, 0.1) is 7.11 Å². The van der Waals surface area contributed by atoms with Gasteiger partial charge in [-0.2, -0.15) is 0 Å². The SMILES string of the molecule is COc1cccc(-c2ccccc2C(C)C)c1C. The van der Waals surface area contributed by atoms with Crippen molar-refractivity contribution in [3.05, 3.63) is 53.6 Å². The molecular weight excluding hydrogens is 220 g/mol. The van der Waals surface area contributed by atoms with Gasteiger partial charge < -0.3 is 4.74 Å². The second-order valence-electron chi connectivity index (χ2n) is 4.87. The van der Waals surface area contributed by atoms with Crippen molar-refractivity contribution < 1.29 is 4.74 Å². The van der Waals surface area contributed by atoms with E-state index in [0.717, 1.165) is 5.75 Å². The average Bonchev–Trinajstić information content (AvgIpc) is 2.39. The zero-order chi connectivity index (χ0) is 13.1. The Morgan fingerprint density at radius 3 is 2.22 bits per heavy atom. The molecule has 2 aromatic carbocycles. The third-order valence-corrected chi connectivity index (χ3v) is 3.38. The maximum absolute atomic E-state index is 5.41. The van der Waals surface area contributed by atoms with E-state index in [1.165, 1.54) is 22.3 Å². The molecule has 18 heavy (non-hydrogen) atoms. The molecule has 0 spiro atoms. The molecule has 2 aromatic rings. The predicted octanol–water partition coefficient (Wildman–Crippen LogP) is 4.79. The van der Waals surface area contributed by atoms with E-state index in [0.29, 0.717) is 5.92 Å². The Hall–Kier alpha value is -1.76. The molecule has 2 rings (SSSR count). The molecule has 0 saturated carbocycles. The molecule has 0 aliphatic rings. The Morgan fingerprint density at radius 1 is 0.889 bits per heavy atom. The number of rotatable bonds is 3. The Morgan fingerprint density at radius 2 is 1.56 bits per heavy atom. The molecule has 0 amide bonds. The van der Waals surface area contributed by atoms with E-state index in [2.05, 4.69) is 57.2 Å². The van der Waals surface area contributed by atoms with Gasteiger partial charge in [-0.25, -0.2) is 0 Å². The molecule has 0 radical (unpaired) electrons. The van der Waals surface area contributed by atoms with Gasteiger partial charge in [-0.1, -0.05) is 50.2 Å². The Labute approximate surface area is 109 Å². The van der Waals surface area contributed by atoms with E-state index < -0.39 is 0 Å². The summed E-state index contributed by atoms with van der Waals surface area (Å²) in [6.07, 6.45) is 0. The molecule has 94 valence electrons. The van der Waals surface area contributed by atoms with Gasteiger partial charge in [-0.3, -0.25) is 0 Å². The van der Waals surface area contributed by atoms with Gasteiger partial charge in [0.25, 0.3) is 0 Å². The number of ether oxygens (including phenoxy) is 1. The molecule has 0 bridgehead atoms. The minimum Gasteiger partial charge on any atom is -0.496 e. The van der Waals surface area contributed by atoms with Crippen LogP contribution >= 0.6 is 0 Å². The van der Waals surface area contributed by atoms with E-state index in [-0.39, 0.29) is 0 Å². The first kappa shape index (κ1) is 12.7. The molecule has 0 unspecified atom stereocenters. The number of methoxy groups -OCH3 is 1. The van der Waals surface area contributed by atoms with Crippen molar-refractivity contribution in [1.29, 1.82) is 0 Å². The molecule has 0 aliphatic carbocycles. The summed E-state index contributed by atoms with van der Waals surface area (Å²) in [5, 5.41) is 0. The van der Waals surface area contributed by atoms with Crippen LogP contribution in [0.15, 0.2) is 42.5 Å². The lowest BCUT2D eigenvalue weighted by molar-refractivity contribution is 0.412. The van der Waals surface area contributed by atoms with Crippen LogP contribution in [0.5, 0.6) is 5.75 Å². The number of hydrogen-bond donors (Lipinski definition) is 0. The normalized spacial score (nSPS) is 10.7. The van der Waals surface area contributed by atoms with E-state index in [1.807, 2.05) is 6.07 Å². The summed E-state index contributed by atoms with van der Waals surface area (Å²) in [6, 6.07) is 14.8. The van der Waals surface area contributed by atoms with Gasteiger partial charge in [-0.05, 0) is 41.2 Å². The summed E-state index contributed by atoms with van der Waals surface area (Å²) in [5.74, 6) is 1.47. The maximum atomic E-state index is 5.41. The van der Waals surface area contributed by atoms with Crippen LogP contribution in [0, 0.1) is 6.92 Å². The van der Waals surface area contributed by atoms with Crippen molar-refractivity contribution in [2.45, 2.75) is 26.7 Å². The highest BCUT2D eigenvalue weighted by molar-refractivity contribution is 5.73. The molecule has 0 saturated heterocycles. The van der Waals surface area contributed by atoms with Crippen molar-refractivity contribution in [1.82, 2.24) is 0 Å². The van der Waals surface area contributed by atoms with E-state index in [9.17, 15) is 0 Å². The van der Waals surface area contributed by atoms with Crippen LogP contribution in [0.25, 0.3) is 11.1 Å². The van der Waals surface area contributed by atoms with E-state index in [4.69, 9.17) is 4.74 Å². The van der Waals surface area contributed by atoms with Crippen LogP contribution < -0.4 is 4.74 Å². The van der Waals surface area contributed by atoms with Crippen molar-refractivity contribution in [2.75, 3.05) is 7.11 Å². The first-order valence-electron chi connectivity index (χ1n) is 6.38. The fraction of sp³-hybridized carbons (Fsp3) is 0.294. The number of hydrogen-bond acceptors (Lipinski definition) is 1. The highest BCUT2D eigenvalue weighted by Gasteiger charge is 2.11. The lowest BCUT2D eigenvalue weighted by atomic mass is 9.90. The van der Waals surface area contributed by atoms with Crippen molar-refractivity contribution >= 4 is 0 Å². The van der Waals surface area contributed by atoms with Crippen molar-refractivity contribution in [3.63, 3.8) is 0 Å². The highest BCUT2D eigenvalue weighted by Crippen LogP contribution is 2.34. The Kier molecular flexibility index (Phi) is 3.71. The minimum absolute atomic E-state index is 0.520. The predicted molar refractivity (Wildman–Crippen MR) is 77.3 cm³/mol. The molecule has 1 nitrogen and oxygen atoms in total. The van der Waals surface area contributed by atoms with Gasteiger partial charge in [0.1, 0.15) is 5.75 Å². The molecule has 0 atom stereocenters. The summed E-state index contributed by atoms with van der Waals surface area (Å²) in [4.78, 5) is 0. The first-order chi connectivity index (χ1) is 8.65. The maximum Gasteiger partial charge on any atom is 0.122 e. The average molecular weight is 240 g/mol. The fourth-order valence-corrected chi connectivity index (χ4v) is 2.37. The van der Waals surface area contributed by atoms with Gasteiger partial charge in [0.15, 0.2) is 0 Å². The molecule has 0 heterocycles. The monoisotopic (exact) mass is 240 g/mol. The molecule has 0 N–H and O–H groups in total. The lowest BCUT2D eigenvalue weighted by Gasteiger charge is -2.16. The van der Waals surface area contributed by atoms with E-state index >= 15 is 0 Å². The fourth-order valence-electron chi connectivity index (χ4n) is 2.37. The van der Waals surface area contributed by atoms with Crippen molar-refractivity contribution in [2.24, 2.45) is 0 Å². The summed E-state index contributed by atoms with van der Waals surface area (Å²) >= 11 is 0. The van der Waals surface area contributed by atoms with Gasteiger partial charge in [-0.15, -0.1) is 0 Å². The van der Waals surface area contributed by atoms with Crippen LogP contribution in [0.3, 0.4) is 0 Å². The number of benzene rings is 2. The van der Waals surface area contributed by atoms with Crippen LogP contribution in [0.4, 0.5) is 0 Å². The first-order valence-corrected chi connectivity index (χ1v) is 6.38. The topological polar surface area (TPSA) is 9.23 Å². The Balaban J connectivity index is 2.62. The van der Waals surface area contributed by atoms with Crippen LogP contribution in [0.2, 0.25) is 0 Å². The van der Waals surface area contributed by atoms with Gasteiger partial charge in [0.2, 0.25) is 0 Å². The standard InChI is InChI=1S/C17H20O/c1-12(2)14-8-5-6-9-16(14)15-10-7-11-17(18-4)13(15)3/h5-12H,1-4H3. The minimum atomic E-state index is 0.520. The summed E-state index contributed by atoms with van der Waals surface area (Å²) in [7, 11) is 1.72. The van der Waals surface area contributed by atoms with E-state index in [1.54, 1.807) is 7.11 Å². The second-order valence-corrected chi connectivity index (χ2v) is 4.87. The quantitative estimate of drug-likeness (QED) is 0.749. The van der Waals surface area contributed by atoms with Crippen LogP contribution in [-0.2, 0) is 0 Å². The van der Waals surface area contributed by atoms with Gasteiger partial charge >= 0.3 is 0 Å². The molecule has 0 aliphatic heterocycles. The highest BCUT2D eigenvalue weighted by atomic mass is 16.5. The molecule has 0 fully saturated rings. The van der Waals surface area contributed by atoms with Crippen LogP contribution in [-0.4, -0.2) is 7.11 Å². The zero-order valence-corrected chi connectivity index (χ0v) is 11.5. The lowest BCUT2D eigenvalue weighted by Crippen LogP contribution is -1.95. The largest absolute Gasteiger partial charge is 0.496 e. The van der Waals surface area contributed by atoms with Crippen LogP contribution in [0.1, 0.15) is 30.9 Å².